The third kappa shape index (κ3) is 2.93. The summed E-state index contributed by atoms with van der Waals surface area (Å²) in [5.74, 6) is 3.62. The number of nitrogens with zero attached hydrogens (tertiary/aromatic N) is 5. The highest BCUT2D eigenvalue weighted by Crippen LogP contribution is 2.56. The zero-order chi connectivity index (χ0) is 22.6. The normalized spacial score (nSPS) is 15.3. The van der Waals surface area contributed by atoms with Crippen LogP contribution in [0.2, 0.25) is 0 Å². The molecule has 160 valence electrons. The Kier molecular flexibility index (Phi) is 4.14. The number of aromatic nitrogens is 4. The first-order chi connectivity index (χ1) is 16.1. The maximum atomic E-state index is 15.2. The molecule has 1 aliphatic carbocycles. The first-order valence-corrected chi connectivity index (χ1v) is 10.3. The summed E-state index contributed by atoms with van der Waals surface area (Å²) >= 11 is 0. The van der Waals surface area contributed by atoms with E-state index in [1.807, 2.05) is 6.07 Å². The lowest BCUT2D eigenvalue weighted by Gasteiger charge is -2.17. The summed E-state index contributed by atoms with van der Waals surface area (Å²) in [6, 6.07) is 9.37. The molecule has 0 saturated heterocycles. The van der Waals surface area contributed by atoms with Gasteiger partial charge in [0.1, 0.15) is 11.2 Å². The molecule has 0 radical (unpaired) electrons. The van der Waals surface area contributed by atoms with E-state index in [-0.39, 0.29) is 17.4 Å². The minimum Gasteiger partial charge on any atom is -0.294 e. The first kappa shape index (κ1) is 19.3. The van der Waals surface area contributed by atoms with Gasteiger partial charge in [-0.05, 0) is 49.2 Å². The van der Waals surface area contributed by atoms with E-state index in [1.54, 1.807) is 53.8 Å². The van der Waals surface area contributed by atoms with E-state index in [0.29, 0.717) is 24.1 Å². The van der Waals surface area contributed by atoms with E-state index < -0.39 is 22.9 Å². The van der Waals surface area contributed by atoms with Crippen LogP contribution in [0.4, 0.5) is 20.4 Å². The topological polar surface area (TPSA) is 63.9 Å². The molecule has 0 atom stereocenters. The number of pyridine rings is 2. The molecule has 3 aromatic heterocycles. The Labute approximate surface area is 187 Å². The molecule has 6 nitrogen and oxygen atoms in total. The van der Waals surface area contributed by atoms with Gasteiger partial charge < -0.3 is 0 Å². The Hall–Kier alpha value is -4.38. The Morgan fingerprint density at radius 1 is 0.909 bits per heavy atom. The molecule has 0 bridgehead atoms. The number of imidazole rings is 1. The van der Waals surface area contributed by atoms with Crippen molar-refractivity contribution in [3.63, 3.8) is 0 Å². The van der Waals surface area contributed by atoms with E-state index in [9.17, 15) is 4.79 Å². The van der Waals surface area contributed by atoms with Gasteiger partial charge in [0.05, 0.1) is 11.9 Å². The molecule has 0 unspecified atom stereocenters. The predicted octanol–water partition coefficient (Wildman–Crippen LogP) is 4.19. The summed E-state index contributed by atoms with van der Waals surface area (Å²) in [6.07, 6.45) is 9.26. The number of fused-ring (bicyclic) bond motifs is 2. The molecule has 8 heteroatoms. The summed E-state index contributed by atoms with van der Waals surface area (Å²) in [6.45, 7) is 0. The van der Waals surface area contributed by atoms with Crippen LogP contribution in [0.1, 0.15) is 24.0 Å². The summed E-state index contributed by atoms with van der Waals surface area (Å²) in [4.78, 5) is 26.9. The molecule has 0 N–H and O–H groups in total. The molecule has 4 heterocycles. The van der Waals surface area contributed by atoms with Gasteiger partial charge in [0.2, 0.25) is 5.95 Å². The molecule has 1 aliphatic heterocycles. The maximum absolute atomic E-state index is 15.2. The van der Waals surface area contributed by atoms with Gasteiger partial charge in [0.15, 0.2) is 11.6 Å². The van der Waals surface area contributed by atoms with Gasteiger partial charge in [-0.25, -0.2) is 18.7 Å². The third-order valence-electron chi connectivity index (χ3n) is 5.91. The van der Waals surface area contributed by atoms with Crippen LogP contribution in [0.15, 0.2) is 67.4 Å². The van der Waals surface area contributed by atoms with Crippen LogP contribution in [0.3, 0.4) is 0 Å². The highest BCUT2D eigenvalue weighted by molar-refractivity contribution is 6.09. The van der Waals surface area contributed by atoms with Crippen molar-refractivity contribution in [2.75, 3.05) is 4.90 Å². The fourth-order valence-corrected chi connectivity index (χ4v) is 4.22. The SMILES string of the molecule is O=C1N(c2c(F)cc(C#Cc3cccnc3)cc2F)c2ncc(-c3cccnc3)n2C12CC2. The van der Waals surface area contributed by atoms with Crippen molar-refractivity contribution in [2.24, 2.45) is 0 Å². The Balaban J connectivity index is 1.44. The van der Waals surface area contributed by atoms with Gasteiger partial charge in [-0.15, -0.1) is 0 Å². The van der Waals surface area contributed by atoms with Crippen LogP contribution >= 0.6 is 0 Å². The maximum Gasteiger partial charge on any atom is 0.260 e. The van der Waals surface area contributed by atoms with E-state index >= 15 is 8.78 Å². The molecule has 2 aliphatic rings. The monoisotopic (exact) mass is 439 g/mol. The second-order valence-electron chi connectivity index (χ2n) is 7.97. The molecule has 33 heavy (non-hydrogen) atoms. The number of benzene rings is 1. The van der Waals surface area contributed by atoms with Gasteiger partial charge in [-0.1, -0.05) is 11.8 Å². The van der Waals surface area contributed by atoms with Crippen molar-refractivity contribution in [1.29, 1.82) is 0 Å². The highest BCUT2D eigenvalue weighted by Gasteiger charge is 2.62. The summed E-state index contributed by atoms with van der Waals surface area (Å²) in [5, 5.41) is 0. The molecule has 1 spiro atoms. The quantitative estimate of drug-likeness (QED) is 0.440. The van der Waals surface area contributed by atoms with Crippen LogP contribution < -0.4 is 4.90 Å². The molecule has 1 amide bonds. The third-order valence-corrected chi connectivity index (χ3v) is 5.91. The van der Waals surface area contributed by atoms with Crippen molar-refractivity contribution in [3.05, 3.63) is 90.1 Å². The van der Waals surface area contributed by atoms with Crippen LogP contribution in [0.25, 0.3) is 11.3 Å². The van der Waals surface area contributed by atoms with E-state index in [1.165, 1.54) is 0 Å². The number of carbonyl (C=O) groups excluding carboxylic acids is 1. The van der Waals surface area contributed by atoms with Gasteiger partial charge >= 0.3 is 0 Å². The number of amides is 1. The zero-order valence-corrected chi connectivity index (χ0v) is 17.2. The molecule has 1 saturated carbocycles. The molecule has 4 aromatic rings. The Morgan fingerprint density at radius 2 is 1.61 bits per heavy atom. The van der Waals surface area contributed by atoms with Crippen LogP contribution in [-0.4, -0.2) is 25.4 Å². The number of hydrogen-bond donors (Lipinski definition) is 0. The van der Waals surface area contributed by atoms with Crippen LogP contribution in [-0.2, 0) is 10.3 Å². The number of rotatable bonds is 2. The number of hydrogen-bond acceptors (Lipinski definition) is 4. The fourth-order valence-electron chi connectivity index (χ4n) is 4.22. The number of anilines is 2. The smallest absolute Gasteiger partial charge is 0.260 e. The van der Waals surface area contributed by atoms with E-state index in [4.69, 9.17) is 0 Å². The van der Waals surface area contributed by atoms with Crippen molar-refractivity contribution < 1.29 is 13.6 Å². The predicted molar refractivity (Wildman–Crippen MR) is 116 cm³/mol. The molecule has 1 fully saturated rings. The van der Waals surface area contributed by atoms with E-state index in [0.717, 1.165) is 22.6 Å². The number of halogens is 2. The van der Waals surface area contributed by atoms with Gasteiger partial charge in [-0.2, -0.15) is 0 Å². The summed E-state index contributed by atoms with van der Waals surface area (Å²) < 4.78 is 32.2. The lowest BCUT2D eigenvalue weighted by Crippen LogP contribution is -2.31. The van der Waals surface area contributed by atoms with Gasteiger partial charge in [0.25, 0.3) is 5.91 Å². The standard InChI is InChI=1S/C25H15F2N5O/c26-19-11-17(6-5-16-3-1-9-28-13-16)12-20(27)22(19)31-23(33)25(7-8-25)32-21(15-30-24(31)32)18-4-2-10-29-14-18/h1-4,9-15H,7-8H2. The summed E-state index contributed by atoms with van der Waals surface area (Å²) in [7, 11) is 0. The molecular weight excluding hydrogens is 424 g/mol. The van der Waals surface area contributed by atoms with Crippen LogP contribution in [0.5, 0.6) is 0 Å². The average molecular weight is 439 g/mol. The highest BCUT2D eigenvalue weighted by atomic mass is 19.1. The number of carbonyl (C=O) groups is 1. The van der Waals surface area contributed by atoms with Crippen molar-refractivity contribution >= 4 is 17.5 Å². The second-order valence-corrected chi connectivity index (χ2v) is 7.97. The summed E-state index contributed by atoms with van der Waals surface area (Å²) in [5.41, 5.74) is 0.933. The lowest BCUT2D eigenvalue weighted by atomic mass is 10.1. The minimum atomic E-state index is -0.881. The molecule has 1 aromatic carbocycles. The van der Waals surface area contributed by atoms with E-state index in [2.05, 4.69) is 26.8 Å². The Morgan fingerprint density at radius 3 is 2.24 bits per heavy atom. The Bertz CT molecular complexity index is 1440. The average Bonchev–Trinajstić information content (AvgIpc) is 3.47. The van der Waals surface area contributed by atoms with Gasteiger partial charge in [0, 0.05) is 41.5 Å². The largest absolute Gasteiger partial charge is 0.294 e. The van der Waals surface area contributed by atoms with Crippen LogP contribution in [0, 0.1) is 23.5 Å². The van der Waals surface area contributed by atoms with Crippen molar-refractivity contribution in [1.82, 2.24) is 19.5 Å². The van der Waals surface area contributed by atoms with Crippen molar-refractivity contribution in [3.8, 4) is 23.1 Å². The molecular formula is C25H15F2N5O. The fraction of sp³-hybridized carbons (Fsp3) is 0.120. The minimum absolute atomic E-state index is 0.157. The zero-order valence-electron chi connectivity index (χ0n) is 17.2. The second kappa shape index (κ2) is 7.07. The lowest BCUT2D eigenvalue weighted by molar-refractivity contribution is -0.120. The first-order valence-electron chi connectivity index (χ1n) is 10.3. The van der Waals surface area contributed by atoms with Gasteiger partial charge in [-0.3, -0.25) is 19.3 Å². The molecule has 6 rings (SSSR count). The van der Waals surface area contributed by atoms with Crippen molar-refractivity contribution in [2.45, 2.75) is 18.4 Å².